The van der Waals surface area contributed by atoms with Crippen LogP contribution < -0.4 is 10.0 Å². The number of hydrogen-bond donors (Lipinski definition) is 3. The van der Waals surface area contributed by atoms with E-state index in [4.69, 9.17) is 10.8 Å². The van der Waals surface area contributed by atoms with E-state index >= 15 is 0 Å². The molecule has 2 aromatic rings. The molecule has 1 aromatic heterocycles. The molecule has 2 rings (SSSR count). The van der Waals surface area contributed by atoms with Crippen molar-refractivity contribution in [2.75, 3.05) is 16.6 Å². The molecule has 0 atom stereocenters. The molecule has 0 unspecified atom stereocenters. The Morgan fingerprint density at radius 2 is 2.10 bits per heavy atom. The lowest BCUT2D eigenvalue weighted by Crippen LogP contribution is -2.36. The largest absolute Gasteiger partial charge is 0.480 e. The number of nitrogen functional groups attached to an aromatic ring is 1. The molecule has 1 aromatic carbocycles. The maximum atomic E-state index is 12.4. The lowest BCUT2D eigenvalue weighted by molar-refractivity contribution is -0.135. The zero-order chi connectivity index (χ0) is 14.8. The fourth-order valence-electron chi connectivity index (χ4n) is 1.64. The van der Waals surface area contributed by atoms with E-state index in [0.29, 0.717) is 0 Å². The number of nitrogens with zero attached hydrogens (tertiary/aromatic N) is 2. The molecule has 0 radical (unpaired) electrons. The van der Waals surface area contributed by atoms with Gasteiger partial charge in [-0.15, -0.1) is 0 Å². The quantitative estimate of drug-likeness (QED) is 0.679. The monoisotopic (exact) mass is 296 g/mol. The Balaban J connectivity index is 2.55. The van der Waals surface area contributed by atoms with Gasteiger partial charge in [-0.25, -0.2) is 4.98 Å². The molecule has 0 spiro atoms. The van der Waals surface area contributed by atoms with Gasteiger partial charge in [0.2, 0.25) is 0 Å². The van der Waals surface area contributed by atoms with Crippen molar-refractivity contribution in [2.45, 2.75) is 5.03 Å². The van der Waals surface area contributed by atoms with Gasteiger partial charge in [-0.3, -0.25) is 9.10 Å². The van der Waals surface area contributed by atoms with Crippen molar-refractivity contribution in [3.05, 3.63) is 36.8 Å². The van der Waals surface area contributed by atoms with E-state index in [-0.39, 0.29) is 16.4 Å². The predicted octanol–water partition coefficient (Wildman–Crippen LogP) is 0.272. The van der Waals surface area contributed by atoms with E-state index in [1.807, 2.05) is 0 Å². The number of nitrogens with one attached hydrogen (secondary N) is 1. The van der Waals surface area contributed by atoms with Gasteiger partial charge in [0.15, 0.2) is 5.03 Å². The lowest BCUT2D eigenvalue weighted by atomic mass is 10.3. The predicted molar refractivity (Wildman–Crippen MR) is 71.6 cm³/mol. The van der Waals surface area contributed by atoms with Gasteiger partial charge in [0.05, 0.1) is 23.9 Å². The summed E-state index contributed by atoms with van der Waals surface area (Å²) in [5.41, 5.74) is 5.99. The van der Waals surface area contributed by atoms with Crippen LogP contribution in [-0.4, -0.2) is 36.0 Å². The minimum atomic E-state index is -4.07. The summed E-state index contributed by atoms with van der Waals surface area (Å²) in [6, 6.07) is 6.13. The summed E-state index contributed by atoms with van der Waals surface area (Å²) in [6.45, 7) is -0.741. The molecule has 0 saturated heterocycles. The number of sulfonamides is 1. The van der Waals surface area contributed by atoms with Crippen molar-refractivity contribution in [2.24, 2.45) is 0 Å². The number of hydrogen-bond acceptors (Lipinski definition) is 5. The molecule has 0 saturated carbocycles. The summed E-state index contributed by atoms with van der Waals surface area (Å²) < 4.78 is 25.6. The number of nitrogens with two attached hydrogens (primary N) is 1. The van der Waals surface area contributed by atoms with Crippen LogP contribution in [-0.2, 0) is 14.8 Å². The number of para-hydroxylation sites is 2. The molecule has 8 nitrogen and oxygen atoms in total. The Hall–Kier alpha value is -2.55. The number of aromatic nitrogens is 2. The first-order chi connectivity index (χ1) is 9.43. The van der Waals surface area contributed by atoms with Crippen LogP contribution in [0.15, 0.2) is 41.8 Å². The third-order valence-corrected chi connectivity index (χ3v) is 4.21. The second-order valence-corrected chi connectivity index (χ2v) is 5.71. The number of imidazole rings is 1. The van der Waals surface area contributed by atoms with Crippen molar-refractivity contribution < 1.29 is 18.3 Å². The first-order valence-corrected chi connectivity index (χ1v) is 6.94. The molecular formula is C11H12N4O4S. The maximum absolute atomic E-state index is 12.4. The number of aromatic amines is 1. The number of H-pyrrole nitrogens is 1. The second kappa shape index (κ2) is 5.21. The highest BCUT2D eigenvalue weighted by Crippen LogP contribution is 2.27. The van der Waals surface area contributed by atoms with Crippen LogP contribution in [0.3, 0.4) is 0 Å². The van der Waals surface area contributed by atoms with Gasteiger partial charge in [0.1, 0.15) is 6.54 Å². The van der Waals surface area contributed by atoms with Gasteiger partial charge in [-0.05, 0) is 12.1 Å². The highest BCUT2D eigenvalue weighted by molar-refractivity contribution is 7.92. The molecule has 4 N–H and O–H groups in total. The maximum Gasteiger partial charge on any atom is 0.324 e. The molecule has 0 aliphatic rings. The molecule has 0 bridgehead atoms. The number of anilines is 2. The normalized spacial score (nSPS) is 11.2. The van der Waals surface area contributed by atoms with Gasteiger partial charge in [0.25, 0.3) is 10.0 Å². The number of benzene rings is 1. The first kappa shape index (κ1) is 13.9. The third-order valence-electron chi connectivity index (χ3n) is 2.53. The Labute approximate surface area is 114 Å². The van der Waals surface area contributed by atoms with E-state index < -0.39 is 22.5 Å². The topological polar surface area (TPSA) is 129 Å². The summed E-state index contributed by atoms with van der Waals surface area (Å²) in [4.78, 5) is 17.0. The molecule has 0 aliphatic carbocycles. The number of aliphatic carboxylic acids is 1. The van der Waals surface area contributed by atoms with Crippen molar-refractivity contribution in [1.29, 1.82) is 0 Å². The molecule has 106 valence electrons. The second-order valence-electron chi connectivity index (χ2n) is 3.88. The van der Waals surface area contributed by atoms with E-state index in [9.17, 15) is 13.2 Å². The summed E-state index contributed by atoms with van der Waals surface area (Å²) in [5, 5.41) is 8.72. The van der Waals surface area contributed by atoms with Gasteiger partial charge in [0, 0.05) is 0 Å². The smallest absolute Gasteiger partial charge is 0.324 e. The molecule has 0 aliphatic heterocycles. The highest BCUT2D eigenvalue weighted by atomic mass is 32.2. The molecule has 1 heterocycles. The van der Waals surface area contributed by atoms with E-state index in [1.165, 1.54) is 18.5 Å². The first-order valence-electron chi connectivity index (χ1n) is 5.50. The lowest BCUT2D eigenvalue weighted by Gasteiger charge is -2.22. The zero-order valence-electron chi connectivity index (χ0n) is 10.2. The number of carbonyl (C=O) groups is 1. The van der Waals surface area contributed by atoms with Crippen molar-refractivity contribution in [1.82, 2.24) is 9.97 Å². The third kappa shape index (κ3) is 2.57. The van der Waals surface area contributed by atoms with E-state index in [1.54, 1.807) is 12.1 Å². The fraction of sp³-hybridized carbons (Fsp3) is 0.0909. The Bertz CT molecular complexity index is 712. The van der Waals surface area contributed by atoms with Gasteiger partial charge in [-0.2, -0.15) is 8.42 Å². The van der Waals surface area contributed by atoms with Gasteiger partial charge >= 0.3 is 5.97 Å². The number of carboxylic acid groups (broad SMARTS) is 1. The minimum absolute atomic E-state index is 0.101. The number of rotatable bonds is 5. The standard InChI is InChI=1S/C11H12N4O4S/c12-8-3-1-2-4-9(8)15(6-11(16)17)20(18,19)10-5-13-7-14-10/h1-5,7H,6,12H2,(H,13,14)(H,16,17). The van der Waals surface area contributed by atoms with Crippen molar-refractivity contribution in [3.63, 3.8) is 0 Å². The average Bonchev–Trinajstić information content (AvgIpc) is 2.91. The van der Waals surface area contributed by atoms with Crippen molar-refractivity contribution >= 4 is 27.4 Å². The van der Waals surface area contributed by atoms with Gasteiger partial charge in [-0.1, -0.05) is 12.1 Å². The molecule has 20 heavy (non-hydrogen) atoms. The Kier molecular flexibility index (Phi) is 3.61. The van der Waals surface area contributed by atoms with Crippen LogP contribution >= 0.6 is 0 Å². The van der Waals surface area contributed by atoms with Crippen LogP contribution in [0.25, 0.3) is 0 Å². The molecule has 0 amide bonds. The minimum Gasteiger partial charge on any atom is -0.480 e. The SMILES string of the molecule is Nc1ccccc1N(CC(=O)O)S(=O)(=O)c1cnc[nH]1. The van der Waals surface area contributed by atoms with Crippen molar-refractivity contribution in [3.8, 4) is 0 Å². The van der Waals surface area contributed by atoms with Gasteiger partial charge < -0.3 is 15.8 Å². The number of carboxylic acids is 1. The van der Waals surface area contributed by atoms with Crippen LogP contribution in [0.5, 0.6) is 0 Å². The summed E-state index contributed by atoms with van der Waals surface area (Å²) in [5.74, 6) is -1.30. The van der Waals surface area contributed by atoms with E-state index in [0.717, 1.165) is 10.5 Å². The highest BCUT2D eigenvalue weighted by Gasteiger charge is 2.29. The summed E-state index contributed by atoms with van der Waals surface area (Å²) in [7, 11) is -4.07. The van der Waals surface area contributed by atoms with Crippen LogP contribution in [0, 0.1) is 0 Å². The van der Waals surface area contributed by atoms with E-state index in [2.05, 4.69) is 9.97 Å². The van der Waals surface area contributed by atoms with Crippen LogP contribution in [0.2, 0.25) is 0 Å². The zero-order valence-corrected chi connectivity index (χ0v) is 11.0. The molecule has 9 heteroatoms. The summed E-state index contributed by atoms with van der Waals surface area (Å²) in [6.07, 6.45) is 2.30. The fourth-order valence-corrected chi connectivity index (χ4v) is 2.98. The Morgan fingerprint density at radius 1 is 1.40 bits per heavy atom. The summed E-state index contributed by atoms with van der Waals surface area (Å²) >= 11 is 0. The Morgan fingerprint density at radius 3 is 2.65 bits per heavy atom. The average molecular weight is 296 g/mol. The molecule has 0 fully saturated rings. The van der Waals surface area contributed by atoms with Crippen LogP contribution in [0.4, 0.5) is 11.4 Å². The molecular weight excluding hydrogens is 284 g/mol. The van der Waals surface area contributed by atoms with Crippen LogP contribution in [0.1, 0.15) is 0 Å².